The van der Waals surface area contributed by atoms with Crippen molar-refractivity contribution < 1.29 is 4.79 Å². The Labute approximate surface area is 91.7 Å². The van der Waals surface area contributed by atoms with Crippen LogP contribution in [-0.2, 0) is 0 Å². The Morgan fingerprint density at radius 3 is 2.73 bits per heavy atom. The number of aryl methyl sites for hydroxylation is 1. The van der Waals surface area contributed by atoms with Crippen LogP contribution >= 0.6 is 0 Å². The van der Waals surface area contributed by atoms with Gasteiger partial charge in [-0.1, -0.05) is 26.3 Å². The maximum atomic E-state index is 11.7. The average Bonchev–Trinajstić information content (AvgIpc) is 2.17. The number of hydrogen-bond donors (Lipinski definition) is 0. The lowest BCUT2D eigenvalue weighted by Gasteiger charge is -2.03. The maximum absolute atomic E-state index is 11.7. The Hall–Kier alpha value is -1.18. The summed E-state index contributed by atoms with van der Waals surface area (Å²) in [5.74, 6) is 0.836. The second-order valence-electron chi connectivity index (χ2n) is 4.37. The van der Waals surface area contributed by atoms with E-state index >= 15 is 0 Å². The standard InChI is InChI=1S/C13H19NO/c1-10(2)6-4-9-13(15)12-8-5-7-11(3)14-12/h5,7-8,10H,4,6,9H2,1-3H3. The van der Waals surface area contributed by atoms with Crippen LogP contribution in [0, 0.1) is 12.8 Å². The lowest BCUT2D eigenvalue weighted by atomic mass is 10.0. The van der Waals surface area contributed by atoms with Crippen LogP contribution in [0.5, 0.6) is 0 Å². The van der Waals surface area contributed by atoms with Gasteiger partial charge >= 0.3 is 0 Å². The molecule has 1 aromatic rings. The first kappa shape index (κ1) is 11.9. The van der Waals surface area contributed by atoms with Crippen molar-refractivity contribution in [3.05, 3.63) is 29.6 Å². The van der Waals surface area contributed by atoms with Gasteiger partial charge in [-0.2, -0.15) is 0 Å². The van der Waals surface area contributed by atoms with E-state index in [1.165, 1.54) is 0 Å². The van der Waals surface area contributed by atoms with E-state index in [4.69, 9.17) is 0 Å². The molecule has 1 heterocycles. The molecule has 0 bridgehead atoms. The third kappa shape index (κ3) is 4.24. The number of nitrogens with zero attached hydrogens (tertiary/aromatic N) is 1. The molecule has 1 rings (SSSR count). The summed E-state index contributed by atoms with van der Waals surface area (Å²) in [6, 6.07) is 5.59. The molecule has 82 valence electrons. The highest BCUT2D eigenvalue weighted by atomic mass is 16.1. The minimum Gasteiger partial charge on any atom is -0.292 e. The molecule has 1 aromatic heterocycles. The van der Waals surface area contributed by atoms with Gasteiger partial charge < -0.3 is 0 Å². The van der Waals surface area contributed by atoms with Crippen molar-refractivity contribution in [2.75, 3.05) is 0 Å². The SMILES string of the molecule is Cc1cccc(C(=O)CCCC(C)C)n1. The van der Waals surface area contributed by atoms with Crippen LogP contribution < -0.4 is 0 Å². The molecule has 0 N–H and O–H groups in total. The van der Waals surface area contributed by atoms with Crippen LogP contribution in [0.1, 0.15) is 49.3 Å². The van der Waals surface area contributed by atoms with Gasteiger partial charge in [-0.05, 0) is 31.4 Å². The fourth-order valence-corrected chi connectivity index (χ4v) is 1.50. The number of pyridine rings is 1. The fourth-order valence-electron chi connectivity index (χ4n) is 1.50. The molecule has 0 aromatic carbocycles. The van der Waals surface area contributed by atoms with Gasteiger partial charge in [0.25, 0.3) is 0 Å². The Morgan fingerprint density at radius 2 is 2.13 bits per heavy atom. The predicted molar refractivity (Wildman–Crippen MR) is 62.0 cm³/mol. The predicted octanol–water partition coefficient (Wildman–Crippen LogP) is 3.40. The second kappa shape index (κ2) is 5.64. The second-order valence-corrected chi connectivity index (χ2v) is 4.37. The van der Waals surface area contributed by atoms with Gasteiger partial charge in [-0.15, -0.1) is 0 Å². The summed E-state index contributed by atoms with van der Waals surface area (Å²) in [4.78, 5) is 15.9. The van der Waals surface area contributed by atoms with E-state index < -0.39 is 0 Å². The van der Waals surface area contributed by atoms with Crippen molar-refractivity contribution in [3.8, 4) is 0 Å². The molecule has 0 saturated carbocycles. The number of hydrogen-bond acceptors (Lipinski definition) is 2. The van der Waals surface area contributed by atoms with Gasteiger partial charge in [-0.3, -0.25) is 9.78 Å². The van der Waals surface area contributed by atoms with Crippen LogP contribution in [0.2, 0.25) is 0 Å². The smallest absolute Gasteiger partial charge is 0.181 e. The van der Waals surface area contributed by atoms with Crippen LogP contribution in [0.25, 0.3) is 0 Å². The molecule has 15 heavy (non-hydrogen) atoms. The summed E-state index contributed by atoms with van der Waals surface area (Å²) in [5.41, 5.74) is 1.52. The summed E-state index contributed by atoms with van der Waals surface area (Å²) >= 11 is 0. The molecule has 2 heteroatoms. The molecule has 0 fully saturated rings. The fraction of sp³-hybridized carbons (Fsp3) is 0.538. The molecule has 0 aliphatic carbocycles. The number of Topliss-reactive ketones (excluding diaryl/α,β-unsaturated/α-hetero) is 1. The number of rotatable bonds is 5. The first-order chi connectivity index (χ1) is 7.09. The number of carbonyl (C=O) groups excluding carboxylic acids is 1. The first-order valence-corrected chi connectivity index (χ1v) is 5.56. The quantitative estimate of drug-likeness (QED) is 0.689. The molecular formula is C13H19NO. The number of carbonyl (C=O) groups is 1. The van der Waals surface area contributed by atoms with Crippen LogP contribution in [-0.4, -0.2) is 10.8 Å². The summed E-state index contributed by atoms with van der Waals surface area (Å²) in [7, 11) is 0. The number of aromatic nitrogens is 1. The topological polar surface area (TPSA) is 30.0 Å². The van der Waals surface area contributed by atoms with Crippen molar-refractivity contribution in [2.45, 2.75) is 40.0 Å². The van der Waals surface area contributed by atoms with E-state index in [9.17, 15) is 4.79 Å². The first-order valence-electron chi connectivity index (χ1n) is 5.56. The van der Waals surface area contributed by atoms with Crippen LogP contribution in [0.4, 0.5) is 0 Å². The maximum Gasteiger partial charge on any atom is 0.181 e. The van der Waals surface area contributed by atoms with E-state index in [0.29, 0.717) is 18.0 Å². The number of ketones is 1. The van der Waals surface area contributed by atoms with Gasteiger partial charge in [0.05, 0.1) is 0 Å². The lowest BCUT2D eigenvalue weighted by Crippen LogP contribution is -2.03. The molecule has 2 nitrogen and oxygen atoms in total. The third-order valence-corrected chi connectivity index (χ3v) is 2.36. The van der Waals surface area contributed by atoms with Crippen molar-refractivity contribution in [2.24, 2.45) is 5.92 Å². The van der Waals surface area contributed by atoms with Gasteiger partial charge in [-0.25, -0.2) is 0 Å². The largest absolute Gasteiger partial charge is 0.292 e. The molecule has 0 aliphatic rings. The zero-order valence-electron chi connectivity index (χ0n) is 9.79. The molecular weight excluding hydrogens is 186 g/mol. The van der Waals surface area contributed by atoms with Crippen molar-refractivity contribution in [1.29, 1.82) is 0 Å². The zero-order chi connectivity index (χ0) is 11.3. The minimum atomic E-state index is 0.166. The normalized spacial score (nSPS) is 10.7. The molecule has 0 amide bonds. The molecule has 0 aliphatic heterocycles. The Kier molecular flexibility index (Phi) is 4.47. The highest BCUT2D eigenvalue weighted by Crippen LogP contribution is 2.09. The third-order valence-electron chi connectivity index (χ3n) is 2.36. The van der Waals surface area contributed by atoms with Gasteiger partial charge in [0.2, 0.25) is 0 Å². The molecule has 0 saturated heterocycles. The molecule has 0 unspecified atom stereocenters. The molecule has 0 spiro atoms. The summed E-state index contributed by atoms with van der Waals surface area (Å²) < 4.78 is 0. The van der Waals surface area contributed by atoms with Gasteiger partial charge in [0.1, 0.15) is 5.69 Å². The zero-order valence-corrected chi connectivity index (χ0v) is 9.79. The highest BCUT2D eigenvalue weighted by Gasteiger charge is 2.07. The average molecular weight is 205 g/mol. The lowest BCUT2D eigenvalue weighted by molar-refractivity contribution is 0.0973. The van der Waals surface area contributed by atoms with E-state index in [-0.39, 0.29) is 5.78 Å². The van der Waals surface area contributed by atoms with E-state index in [2.05, 4.69) is 18.8 Å². The van der Waals surface area contributed by atoms with Crippen molar-refractivity contribution in [3.63, 3.8) is 0 Å². The van der Waals surface area contributed by atoms with Crippen LogP contribution in [0.3, 0.4) is 0 Å². The summed E-state index contributed by atoms with van der Waals surface area (Å²) in [5, 5.41) is 0. The van der Waals surface area contributed by atoms with Gasteiger partial charge in [0.15, 0.2) is 5.78 Å². The molecule has 0 atom stereocenters. The minimum absolute atomic E-state index is 0.166. The van der Waals surface area contributed by atoms with Gasteiger partial charge in [0, 0.05) is 12.1 Å². The monoisotopic (exact) mass is 205 g/mol. The van der Waals surface area contributed by atoms with E-state index in [1.54, 1.807) is 6.07 Å². The van der Waals surface area contributed by atoms with Crippen molar-refractivity contribution in [1.82, 2.24) is 4.98 Å². The summed E-state index contributed by atoms with van der Waals surface area (Å²) in [6.45, 7) is 6.26. The Morgan fingerprint density at radius 1 is 1.40 bits per heavy atom. The van der Waals surface area contributed by atoms with E-state index in [0.717, 1.165) is 18.5 Å². The Bertz CT molecular complexity index is 331. The van der Waals surface area contributed by atoms with E-state index in [1.807, 2.05) is 19.1 Å². The Balaban J connectivity index is 2.47. The molecule has 0 radical (unpaired) electrons. The van der Waals surface area contributed by atoms with Crippen LogP contribution in [0.15, 0.2) is 18.2 Å². The van der Waals surface area contributed by atoms with Crippen molar-refractivity contribution >= 4 is 5.78 Å². The summed E-state index contributed by atoms with van der Waals surface area (Å²) in [6.07, 6.45) is 2.69. The highest BCUT2D eigenvalue weighted by molar-refractivity contribution is 5.94.